The summed E-state index contributed by atoms with van der Waals surface area (Å²) in [5.74, 6) is -1.24. The third kappa shape index (κ3) is 6.18. The summed E-state index contributed by atoms with van der Waals surface area (Å²) >= 11 is 6.39. The van der Waals surface area contributed by atoms with Crippen LogP contribution in [-0.2, 0) is 4.79 Å². The number of nitrogens with one attached hydrogen (secondary N) is 1. The highest BCUT2D eigenvalue weighted by atomic mass is 35.5. The Kier molecular flexibility index (Phi) is 7.55. The average Bonchev–Trinajstić information content (AvgIpc) is 3.70. The molecule has 1 saturated heterocycles. The van der Waals surface area contributed by atoms with Crippen LogP contribution in [0.1, 0.15) is 41.3 Å². The van der Waals surface area contributed by atoms with Gasteiger partial charge in [-0.2, -0.15) is 0 Å². The molecule has 8 heteroatoms. The fraction of sp³-hybridized carbons (Fsp3) is 0.310. The molecule has 2 N–H and O–H groups in total. The number of aliphatic hydroxyl groups excluding tert-OH is 1. The first-order valence-electron chi connectivity index (χ1n) is 12.4. The maximum Gasteiger partial charge on any atom is 0.292 e. The molecule has 6 nitrogen and oxygen atoms in total. The van der Waals surface area contributed by atoms with Crippen molar-refractivity contribution >= 4 is 23.3 Å². The molecule has 2 fully saturated rings. The second kappa shape index (κ2) is 11.0. The molecular weight excluding hydrogens is 495 g/mol. The van der Waals surface area contributed by atoms with E-state index >= 15 is 0 Å². The van der Waals surface area contributed by atoms with Crippen molar-refractivity contribution in [3.63, 3.8) is 0 Å². The normalized spacial score (nSPS) is 16.9. The van der Waals surface area contributed by atoms with Gasteiger partial charge in [-0.15, -0.1) is 0 Å². The van der Waals surface area contributed by atoms with E-state index in [-0.39, 0.29) is 17.5 Å². The molecule has 3 aromatic rings. The predicted molar refractivity (Wildman–Crippen MR) is 139 cm³/mol. The van der Waals surface area contributed by atoms with Gasteiger partial charge in [-0.25, -0.2) is 4.39 Å². The maximum atomic E-state index is 13.2. The van der Waals surface area contributed by atoms with E-state index in [0.29, 0.717) is 22.9 Å². The van der Waals surface area contributed by atoms with Crippen LogP contribution in [0.2, 0.25) is 5.02 Å². The van der Waals surface area contributed by atoms with Crippen molar-refractivity contribution in [1.29, 1.82) is 0 Å². The number of ether oxygens (including phenoxy) is 1. The van der Waals surface area contributed by atoms with E-state index in [0.717, 1.165) is 43.5 Å². The topological polar surface area (TPSA) is 78.9 Å². The second-order valence-electron chi connectivity index (χ2n) is 9.60. The van der Waals surface area contributed by atoms with E-state index in [1.54, 1.807) is 54.6 Å². The largest absolute Gasteiger partial charge is 0.489 e. The molecular formula is C29H28ClFN2O4. The summed E-state index contributed by atoms with van der Waals surface area (Å²) in [7, 11) is 0. The Morgan fingerprint density at radius 3 is 2.24 bits per heavy atom. The second-order valence-corrected chi connectivity index (χ2v) is 10.0. The highest BCUT2D eigenvalue weighted by Gasteiger charge is 2.30. The number of hydrogen-bond donors (Lipinski definition) is 2. The number of carbonyl (C=O) groups excluding carboxylic acids is 2. The molecule has 37 heavy (non-hydrogen) atoms. The third-order valence-electron chi connectivity index (χ3n) is 6.75. The molecule has 1 aliphatic heterocycles. The average molecular weight is 523 g/mol. The summed E-state index contributed by atoms with van der Waals surface area (Å²) in [5.41, 5.74) is 2.36. The van der Waals surface area contributed by atoms with Crippen molar-refractivity contribution < 1.29 is 23.8 Å². The number of halogens is 2. The van der Waals surface area contributed by atoms with Gasteiger partial charge in [0.05, 0.1) is 17.2 Å². The number of benzene rings is 3. The molecule has 2 atom stereocenters. The van der Waals surface area contributed by atoms with E-state index in [1.165, 1.54) is 12.1 Å². The van der Waals surface area contributed by atoms with Crippen LogP contribution in [0.3, 0.4) is 0 Å². The van der Waals surface area contributed by atoms with Crippen LogP contribution in [0.4, 0.5) is 4.39 Å². The van der Waals surface area contributed by atoms with Crippen molar-refractivity contribution in [2.45, 2.75) is 37.5 Å². The summed E-state index contributed by atoms with van der Waals surface area (Å²) < 4.78 is 19.0. The number of Topliss-reactive ketones (excluding diaryl/α,β-unsaturated/α-hetero) is 1. The van der Waals surface area contributed by atoms with Gasteiger partial charge in [0.1, 0.15) is 17.7 Å². The summed E-state index contributed by atoms with van der Waals surface area (Å²) in [6, 6.07) is 17.0. The molecule has 5 rings (SSSR count). The standard InChI is InChI=1S/C29H28ClFN2O4/c30-24-16-21(8-13-26(24)37-23-11-12-23)27(34)25(17-33-14-1-15-33)32-29(36)28(35)20-4-2-18(3-5-20)19-6-9-22(31)10-7-19/h2-10,13,16,23,25,27,34H,1,11-12,14-15,17H2,(H,32,36). The Bertz CT molecular complexity index is 1270. The maximum absolute atomic E-state index is 13.2. The Morgan fingerprint density at radius 1 is 1.03 bits per heavy atom. The number of carbonyl (C=O) groups is 2. The molecule has 0 spiro atoms. The van der Waals surface area contributed by atoms with Crippen LogP contribution in [0.5, 0.6) is 5.75 Å². The lowest BCUT2D eigenvalue weighted by Gasteiger charge is -2.36. The van der Waals surface area contributed by atoms with Crippen LogP contribution < -0.4 is 10.1 Å². The van der Waals surface area contributed by atoms with Crippen LogP contribution in [0.25, 0.3) is 11.1 Å². The SMILES string of the molecule is O=C(NC(CN1CCC1)C(O)c1ccc(OC2CC2)c(Cl)c1)C(=O)c1ccc(-c2ccc(F)cc2)cc1. The van der Waals surface area contributed by atoms with Crippen molar-refractivity contribution in [2.24, 2.45) is 0 Å². The van der Waals surface area contributed by atoms with Crippen LogP contribution in [-0.4, -0.2) is 53.5 Å². The predicted octanol–water partition coefficient (Wildman–Crippen LogP) is 4.79. The summed E-state index contributed by atoms with van der Waals surface area (Å²) in [6.45, 7) is 2.14. The minimum Gasteiger partial charge on any atom is -0.489 e. The number of ketones is 1. The van der Waals surface area contributed by atoms with Gasteiger partial charge in [0.15, 0.2) is 0 Å². The van der Waals surface area contributed by atoms with Gasteiger partial charge in [-0.1, -0.05) is 54.1 Å². The van der Waals surface area contributed by atoms with Gasteiger partial charge in [-0.05, 0) is 73.3 Å². The fourth-order valence-corrected chi connectivity index (χ4v) is 4.52. The smallest absolute Gasteiger partial charge is 0.292 e. The summed E-state index contributed by atoms with van der Waals surface area (Å²) in [6.07, 6.45) is 2.20. The molecule has 1 heterocycles. The van der Waals surface area contributed by atoms with Crippen LogP contribution in [0.15, 0.2) is 66.7 Å². The molecule has 3 aromatic carbocycles. The van der Waals surface area contributed by atoms with Gasteiger partial charge >= 0.3 is 0 Å². The van der Waals surface area contributed by atoms with E-state index < -0.39 is 23.8 Å². The molecule has 0 radical (unpaired) electrons. The minimum atomic E-state index is -1.06. The van der Waals surface area contributed by atoms with E-state index in [1.807, 2.05) is 0 Å². The highest BCUT2D eigenvalue weighted by molar-refractivity contribution is 6.42. The lowest BCUT2D eigenvalue weighted by Crippen LogP contribution is -2.52. The van der Waals surface area contributed by atoms with Gasteiger partial charge in [0.25, 0.3) is 5.91 Å². The monoisotopic (exact) mass is 522 g/mol. The number of hydrogen-bond acceptors (Lipinski definition) is 5. The zero-order valence-electron chi connectivity index (χ0n) is 20.2. The molecule has 1 saturated carbocycles. The van der Waals surface area contributed by atoms with Crippen molar-refractivity contribution in [1.82, 2.24) is 10.2 Å². The van der Waals surface area contributed by atoms with Crippen LogP contribution in [0, 0.1) is 5.82 Å². The van der Waals surface area contributed by atoms with Crippen LogP contribution >= 0.6 is 11.6 Å². The molecule has 1 amide bonds. The zero-order valence-corrected chi connectivity index (χ0v) is 21.0. The number of rotatable bonds is 10. The Labute approximate surface area is 220 Å². The van der Waals surface area contributed by atoms with Crippen molar-refractivity contribution in [2.75, 3.05) is 19.6 Å². The number of amides is 1. The summed E-state index contributed by atoms with van der Waals surface area (Å²) in [4.78, 5) is 28.0. The number of nitrogens with zero attached hydrogens (tertiary/aromatic N) is 1. The van der Waals surface area contributed by atoms with Crippen molar-refractivity contribution in [3.8, 4) is 16.9 Å². The van der Waals surface area contributed by atoms with E-state index in [4.69, 9.17) is 16.3 Å². The van der Waals surface area contributed by atoms with E-state index in [2.05, 4.69) is 10.2 Å². The number of likely N-dealkylation sites (tertiary alicyclic amines) is 1. The lowest BCUT2D eigenvalue weighted by molar-refractivity contribution is -0.118. The van der Waals surface area contributed by atoms with Crippen molar-refractivity contribution in [3.05, 3.63) is 88.7 Å². The molecule has 2 aliphatic rings. The lowest BCUT2D eigenvalue weighted by atomic mass is 9.99. The molecule has 1 aliphatic carbocycles. The Balaban J connectivity index is 1.28. The molecule has 2 unspecified atom stereocenters. The third-order valence-corrected chi connectivity index (χ3v) is 7.04. The first-order chi connectivity index (χ1) is 17.9. The van der Waals surface area contributed by atoms with Gasteiger partial charge in [0.2, 0.25) is 5.78 Å². The molecule has 0 bridgehead atoms. The fourth-order valence-electron chi connectivity index (χ4n) is 4.28. The highest BCUT2D eigenvalue weighted by Crippen LogP contribution is 2.34. The first kappa shape index (κ1) is 25.4. The zero-order chi connectivity index (χ0) is 25.9. The van der Waals surface area contributed by atoms with Gasteiger partial charge < -0.3 is 20.1 Å². The Hall–Kier alpha value is -3.26. The number of aliphatic hydroxyl groups is 1. The first-order valence-corrected chi connectivity index (χ1v) is 12.8. The quantitative estimate of drug-likeness (QED) is 0.295. The minimum absolute atomic E-state index is 0.197. The van der Waals surface area contributed by atoms with Gasteiger partial charge in [0, 0.05) is 12.1 Å². The summed E-state index contributed by atoms with van der Waals surface area (Å²) in [5, 5.41) is 14.3. The molecule has 0 aromatic heterocycles. The molecule has 192 valence electrons. The van der Waals surface area contributed by atoms with Gasteiger partial charge in [-0.3, -0.25) is 9.59 Å². The Morgan fingerprint density at radius 2 is 1.68 bits per heavy atom. The van der Waals surface area contributed by atoms with E-state index in [9.17, 15) is 19.1 Å².